The van der Waals surface area contributed by atoms with Gasteiger partial charge in [-0.1, -0.05) is 71.3 Å². The lowest BCUT2D eigenvalue weighted by Gasteiger charge is -2.58. The third-order valence-corrected chi connectivity index (χ3v) is 10.6. The van der Waals surface area contributed by atoms with E-state index in [-0.39, 0.29) is 6.10 Å². The van der Waals surface area contributed by atoms with Gasteiger partial charge in [0.2, 0.25) is 0 Å². The first kappa shape index (κ1) is 21.7. The van der Waals surface area contributed by atoms with Gasteiger partial charge in [-0.3, -0.25) is 0 Å². The Balaban J connectivity index is 1.61. The predicted molar refractivity (Wildman–Crippen MR) is 124 cm³/mol. The highest BCUT2D eigenvalue weighted by atomic mass is 16.3. The van der Waals surface area contributed by atoms with Crippen LogP contribution in [0.15, 0.2) is 23.3 Å². The maximum absolute atomic E-state index is 10.5. The van der Waals surface area contributed by atoms with Gasteiger partial charge in [-0.25, -0.2) is 0 Å². The van der Waals surface area contributed by atoms with Crippen molar-refractivity contribution in [2.45, 2.75) is 105 Å². The molecule has 3 saturated carbocycles. The summed E-state index contributed by atoms with van der Waals surface area (Å²) < 4.78 is 0. The predicted octanol–water partition coefficient (Wildman–Crippen LogP) is 7.55. The second-order valence-electron chi connectivity index (χ2n) is 11.9. The molecule has 1 heteroatoms. The highest BCUT2D eigenvalue weighted by Crippen LogP contribution is 2.66. The molecule has 4 aliphatic rings. The normalized spacial score (nSPS) is 46.9. The first-order valence-electron chi connectivity index (χ1n) is 12.8. The monoisotopic (exact) mass is 398 g/mol. The summed E-state index contributed by atoms with van der Waals surface area (Å²) in [7, 11) is 0. The van der Waals surface area contributed by atoms with Crippen molar-refractivity contribution in [1.29, 1.82) is 0 Å². The van der Waals surface area contributed by atoms with Gasteiger partial charge in [0.05, 0.1) is 6.10 Å². The molecular weight excluding hydrogens is 352 g/mol. The van der Waals surface area contributed by atoms with Gasteiger partial charge >= 0.3 is 0 Å². The Bertz CT molecular complexity index is 674. The summed E-state index contributed by atoms with van der Waals surface area (Å²) in [5.74, 6) is 4.22. The Labute approximate surface area is 180 Å². The molecule has 4 aliphatic carbocycles. The van der Waals surface area contributed by atoms with E-state index in [1.807, 2.05) is 11.1 Å². The van der Waals surface area contributed by atoms with Crippen molar-refractivity contribution in [3.8, 4) is 0 Å². The number of hydrogen-bond acceptors (Lipinski definition) is 1. The van der Waals surface area contributed by atoms with Crippen molar-refractivity contribution in [2.24, 2.45) is 46.3 Å². The van der Waals surface area contributed by atoms with Crippen molar-refractivity contribution < 1.29 is 5.11 Å². The summed E-state index contributed by atoms with van der Waals surface area (Å²) in [6, 6.07) is 0. The Morgan fingerprint density at radius 2 is 1.79 bits per heavy atom. The molecule has 3 fully saturated rings. The second kappa shape index (κ2) is 7.85. The summed E-state index contributed by atoms with van der Waals surface area (Å²) in [5.41, 5.74) is 4.65. The molecule has 0 radical (unpaired) electrons. The molecule has 4 rings (SSSR count). The third kappa shape index (κ3) is 3.38. The standard InChI is InChI=1S/C28H46O/c1-7-18(2)8-9-19(3)22-12-13-24-21-10-11-23-20(4)26(29)15-17-28(23,6)25(21)14-16-27(22,24)5/h8-9,18-20,22-23,25-26,29H,7,10-17H2,1-6H3/b9-8+/t18?,19?,20-,22+,23-,25?,26-,27+,28-/m0/s1. The minimum atomic E-state index is -0.0647. The Hall–Kier alpha value is -0.560. The molecule has 0 saturated heterocycles. The SMILES string of the molecule is CCC(C)/C=C/C(C)[C@H]1CCC2=C3CC[C@H]4[C@H](C)[C@@H](O)CC[C@]4(C)C3CC[C@@]21C. The van der Waals surface area contributed by atoms with Crippen LogP contribution >= 0.6 is 0 Å². The van der Waals surface area contributed by atoms with Crippen LogP contribution in [-0.4, -0.2) is 11.2 Å². The average Bonchev–Trinajstić information content (AvgIpc) is 3.06. The van der Waals surface area contributed by atoms with Crippen molar-refractivity contribution in [1.82, 2.24) is 0 Å². The van der Waals surface area contributed by atoms with E-state index >= 15 is 0 Å². The lowest BCUT2D eigenvalue weighted by atomic mass is 9.47. The van der Waals surface area contributed by atoms with Gasteiger partial charge in [-0.15, -0.1) is 0 Å². The Kier molecular flexibility index (Phi) is 5.86. The fraction of sp³-hybridized carbons (Fsp3) is 0.857. The summed E-state index contributed by atoms with van der Waals surface area (Å²) in [4.78, 5) is 0. The summed E-state index contributed by atoms with van der Waals surface area (Å²) in [6.45, 7) is 14.7. The third-order valence-electron chi connectivity index (χ3n) is 10.6. The summed E-state index contributed by atoms with van der Waals surface area (Å²) in [5, 5.41) is 10.5. The summed E-state index contributed by atoms with van der Waals surface area (Å²) in [6.07, 6.45) is 16.6. The number of rotatable bonds is 4. The zero-order valence-corrected chi connectivity index (χ0v) is 20.0. The van der Waals surface area contributed by atoms with Crippen LogP contribution in [-0.2, 0) is 0 Å². The first-order valence-corrected chi connectivity index (χ1v) is 12.8. The molecule has 29 heavy (non-hydrogen) atoms. The molecule has 0 bridgehead atoms. The molecule has 0 spiro atoms. The number of aliphatic hydroxyl groups is 1. The second-order valence-corrected chi connectivity index (χ2v) is 11.9. The van der Waals surface area contributed by atoms with Crippen LogP contribution in [0.3, 0.4) is 0 Å². The van der Waals surface area contributed by atoms with Crippen LogP contribution < -0.4 is 0 Å². The molecule has 1 N–H and O–H groups in total. The molecule has 0 aromatic heterocycles. The van der Waals surface area contributed by atoms with Gasteiger partial charge in [0, 0.05) is 0 Å². The van der Waals surface area contributed by atoms with E-state index in [0.29, 0.717) is 28.6 Å². The van der Waals surface area contributed by atoms with E-state index < -0.39 is 0 Å². The van der Waals surface area contributed by atoms with E-state index in [9.17, 15) is 5.11 Å². The van der Waals surface area contributed by atoms with Crippen molar-refractivity contribution in [3.05, 3.63) is 23.3 Å². The number of hydrogen-bond donors (Lipinski definition) is 1. The number of allylic oxidation sites excluding steroid dienone is 4. The molecular formula is C28H46O. The highest BCUT2D eigenvalue weighted by Gasteiger charge is 2.56. The van der Waals surface area contributed by atoms with E-state index in [1.54, 1.807) is 0 Å². The van der Waals surface area contributed by atoms with E-state index in [0.717, 1.165) is 24.2 Å². The van der Waals surface area contributed by atoms with Gasteiger partial charge in [0.25, 0.3) is 0 Å². The zero-order valence-electron chi connectivity index (χ0n) is 20.0. The lowest BCUT2D eigenvalue weighted by Crippen LogP contribution is -2.51. The number of fused-ring (bicyclic) bond motifs is 4. The highest BCUT2D eigenvalue weighted by molar-refractivity contribution is 5.35. The largest absolute Gasteiger partial charge is 0.393 e. The Morgan fingerprint density at radius 3 is 2.52 bits per heavy atom. The minimum absolute atomic E-state index is 0.0647. The fourth-order valence-corrected chi connectivity index (χ4v) is 8.46. The Morgan fingerprint density at radius 1 is 1.03 bits per heavy atom. The van der Waals surface area contributed by atoms with Crippen molar-refractivity contribution in [3.63, 3.8) is 0 Å². The molecule has 164 valence electrons. The average molecular weight is 399 g/mol. The molecule has 0 aromatic carbocycles. The minimum Gasteiger partial charge on any atom is -0.393 e. The van der Waals surface area contributed by atoms with Crippen molar-refractivity contribution >= 4 is 0 Å². The first-order chi connectivity index (χ1) is 13.7. The zero-order chi connectivity index (χ0) is 21.0. The van der Waals surface area contributed by atoms with Gasteiger partial charge in [0.1, 0.15) is 0 Å². The van der Waals surface area contributed by atoms with E-state index in [2.05, 4.69) is 53.7 Å². The van der Waals surface area contributed by atoms with Gasteiger partial charge in [-0.05, 0) is 97.7 Å². The van der Waals surface area contributed by atoms with Gasteiger partial charge in [-0.2, -0.15) is 0 Å². The maximum Gasteiger partial charge on any atom is 0.0568 e. The molecule has 0 aliphatic heterocycles. The van der Waals surface area contributed by atoms with Crippen LogP contribution in [0.5, 0.6) is 0 Å². The van der Waals surface area contributed by atoms with Gasteiger partial charge < -0.3 is 5.11 Å². The van der Waals surface area contributed by atoms with Crippen LogP contribution in [0.4, 0.5) is 0 Å². The maximum atomic E-state index is 10.5. The van der Waals surface area contributed by atoms with Crippen LogP contribution in [0.1, 0.15) is 99.3 Å². The van der Waals surface area contributed by atoms with Crippen LogP contribution in [0, 0.1) is 46.3 Å². The quantitative estimate of drug-likeness (QED) is 0.484. The molecule has 0 amide bonds. The molecule has 1 nitrogen and oxygen atoms in total. The molecule has 0 heterocycles. The molecule has 0 aromatic rings. The van der Waals surface area contributed by atoms with E-state index in [4.69, 9.17) is 0 Å². The molecule has 3 unspecified atom stereocenters. The fourth-order valence-electron chi connectivity index (χ4n) is 8.46. The lowest BCUT2D eigenvalue weighted by molar-refractivity contribution is -0.0777. The summed E-state index contributed by atoms with van der Waals surface area (Å²) >= 11 is 0. The van der Waals surface area contributed by atoms with Crippen molar-refractivity contribution in [2.75, 3.05) is 0 Å². The molecule has 9 atom stereocenters. The van der Waals surface area contributed by atoms with Crippen LogP contribution in [0.25, 0.3) is 0 Å². The smallest absolute Gasteiger partial charge is 0.0568 e. The number of aliphatic hydroxyl groups excluding tert-OH is 1. The van der Waals surface area contributed by atoms with E-state index in [1.165, 1.54) is 51.4 Å². The van der Waals surface area contributed by atoms with Crippen LogP contribution in [0.2, 0.25) is 0 Å². The topological polar surface area (TPSA) is 20.2 Å². The van der Waals surface area contributed by atoms with Gasteiger partial charge in [0.15, 0.2) is 0 Å².